The fourth-order valence-electron chi connectivity index (χ4n) is 1.30. The first kappa shape index (κ1) is 15.2. The third-order valence-corrected chi connectivity index (χ3v) is 3.42. The summed E-state index contributed by atoms with van der Waals surface area (Å²) < 4.78 is 27.2. The largest absolute Gasteiger partial charge is 0.449 e. The monoisotopic (exact) mass is 284 g/mol. The van der Waals surface area contributed by atoms with Gasteiger partial charge in [0.1, 0.15) is 0 Å². The molecule has 0 atom stereocenters. The number of sulfone groups is 1. The van der Waals surface area contributed by atoms with Crippen molar-refractivity contribution in [2.45, 2.75) is 18.7 Å². The van der Waals surface area contributed by atoms with E-state index in [2.05, 4.69) is 15.3 Å². The van der Waals surface area contributed by atoms with E-state index in [0.717, 1.165) is 6.26 Å². The van der Waals surface area contributed by atoms with Gasteiger partial charge < -0.3 is 4.74 Å². The first-order valence-corrected chi connectivity index (χ1v) is 7.51. The molecule has 0 aliphatic rings. The van der Waals surface area contributed by atoms with Gasteiger partial charge in [0.15, 0.2) is 9.84 Å². The summed E-state index contributed by atoms with van der Waals surface area (Å²) in [5.41, 5.74) is 3.50. The van der Waals surface area contributed by atoms with E-state index in [9.17, 15) is 13.2 Å². The summed E-state index contributed by atoms with van der Waals surface area (Å²) in [4.78, 5) is 11.3. The minimum atomic E-state index is -3.21. The van der Waals surface area contributed by atoms with Gasteiger partial charge in [-0.3, -0.25) is 0 Å². The molecule has 0 aliphatic carbocycles. The second-order valence-electron chi connectivity index (χ2n) is 3.83. The predicted molar refractivity (Wildman–Crippen MR) is 71.9 cm³/mol. The van der Waals surface area contributed by atoms with Gasteiger partial charge >= 0.3 is 6.09 Å². The number of nitrogens with one attached hydrogen (secondary N) is 1. The lowest BCUT2D eigenvalue weighted by Crippen LogP contribution is -2.20. The van der Waals surface area contributed by atoms with Crippen LogP contribution in [-0.2, 0) is 14.6 Å². The van der Waals surface area contributed by atoms with E-state index in [-0.39, 0.29) is 11.5 Å². The van der Waals surface area contributed by atoms with E-state index in [1.807, 2.05) is 0 Å². The van der Waals surface area contributed by atoms with E-state index >= 15 is 0 Å². The van der Waals surface area contributed by atoms with E-state index < -0.39 is 15.9 Å². The van der Waals surface area contributed by atoms with Gasteiger partial charge in [-0.1, -0.05) is 12.1 Å². The van der Waals surface area contributed by atoms with E-state index in [0.29, 0.717) is 11.3 Å². The minimum absolute atomic E-state index is 0.238. The van der Waals surface area contributed by atoms with Crippen LogP contribution in [-0.4, -0.2) is 33.1 Å². The highest BCUT2D eigenvalue weighted by molar-refractivity contribution is 7.90. The lowest BCUT2D eigenvalue weighted by molar-refractivity contribution is 0.152. The molecule has 1 N–H and O–H groups in total. The van der Waals surface area contributed by atoms with Crippen molar-refractivity contribution in [3.63, 3.8) is 0 Å². The normalized spacial score (nSPS) is 12.1. The number of hydrazone groups is 1. The Morgan fingerprint density at radius 1 is 1.32 bits per heavy atom. The first-order valence-electron chi connectivity index (χ1n) is 5.62. The molecule has 1 rings (SSSR count). The highest BCUT2D eigenvalue weighted by Crippen LogP contribution is 2.10. The number of carbonyl (C=O) groups excluding carboxylic acids is 1. The number of ether oxygens (including phenoxy) is 1. The molecule has 104 valence electrons. The maximum absolute atomic E-state index is 11.3. The maximum Gasteiger partial charge on any atom is 0.427 e. The minimum Gasteiger partial charge on any atom is -0.449 e. The average Bonchev–Trinajstić information content (AvgIpc) is 2.35. The van der Waals surface area contributed by atoms with Crippen molar-refractivity contribution < 1.29 is 17.9 Å². The topological polar surface area (TPSA) is 84.8 Å². The van der Waals surface area contributed by atoms with Crippen LogP contribution in [0.2, 0.25) is 0 Å². The Bertz CT molecular complexity index is 576. The van der Waals surface area contributed by atoms with Gasteiger partial charge in [-0.25, -0.2) is 18.6 Å². The van der Waals surface area contributed by atoms with Crippen LogP contribution in [0, 0.1) is 0 Å². The zero-order valence-electron chi connectivity index (χ0n) is 11.0. The van der Waals surface area contributed by atoms with Gasteiger partial charge in [-0.05, 0) is 31.5 Å². The van der Waals surface area contributed by atoms with E-state index in [4.69, 9.17) is 0 Å². The van der Waals surface area contributed by atoms with Crippen molar-refractivity contribution in [3.05, 3.63) is 29.8 Å². The number of hydrogen-bond acceptors (Lipinski definition) is 5. The molecular weight excluding hydrogens is 268 g/mol. The van der Waals surface area contributed by atoms with Crippen molar-refractivity contribution in [1.82, 2.24) is 5.43 Å². The smallest absolute Gasteiger partial charge is 0.427 e. The summed E-state index contributed by atoms with van der Waals surface area (Å²) in [7, 11) is -3.21. The summed E-state index contributed by atoms with van der Waals surface area (Å²) in [6.45, 7) is 3.66. The Balaban J connectivity index is 2.81. The van der Waals surface area contributed by atoms with Crippen molar-refractivity contribution in [1.29, 1.82) is 0 Å². The zero-order chi connectivity index (χ0) is 14.5. The standard InChI is InChI=1S/C12H16N2O4S/c1-4-18-12(15)14-13-9(2)10-5-7-11(8-6-10)19(3,16)17/h5-8H,4H2,1-3H3,(H,14,15)/b13-9-. The molecule has 0 aromatic heterocycles. The Morgan fingerprint density at radius 3 is 2.37 bits per heavy atom. The molecule has 0 saturated heterocycles. The molecule has 0 heterocycles. The van der Waals surface area contributed by atoms with Gasteiger partial charge in [0.2, 0.25) is 0 Å². The summed E-state index contributed by atoms with van der Waals surface area (Å²) in [5.74, 6) is 0. The van der Waals surface area contributed by atoms with Crippen LogP contribution in [0.5, 0.6) is 0 Å². The van der Waals surface area contributed by atoms with Crippen molar-refractivity contribution in [3.8, 4) is 0 Å². The molecule has 6 nitrogen and oxygen atoms in total. The predicted octanol–water partition coefficient (Wildman–Crippen LogP) is 1.56. The quantitative estimate of drug-likeness (QED) is 0.671. The van der Waals surface area contributed by atoms with E-state index in [1.54, 1.807) is 26.0 Å². The number of benzene rings is 1. The Labute approximate surface area is 112 Å². The third-order valence-electron chi connectivity index (χ3n) is 2.29. The Kier molecular flexibility index (Phi) is 5.05. The van der Waals surface area contributed by atoms with Crippen LogP contribution in [0.25, 0.3) is 0 Å². The summed E-state index contributed by atoms with van der Waals surface area (Å²) in [5, 5.41) is 3.85. The second-order valence-corrected chi connectivity index (χ2v) is 5.84. The highest BCUT2D eigenvalue weighted by atomic mass is 32.2. The molecule has 1 amide bonds. The number of carbonyl (C=O) groups is 1. The number of nitrogens with zero attached hydrogens (tertiary/aromatic N) is 1. The summed E-state index contributed by atoms with van der Waals surface area (Å²) in [6, 6.07) is 6.24. The van der Waals surface area contributed by atoms with Gasteiger partial charge in [0.25, 0.3) is 0 Å². The number of amides is 1. The first-order chi connectivity index (χ1) is 8.84. The molecule has 0 aliphatic heterocycles. The lowest BCUT2D eigenvalue weighted by Gasteiger charge is -2.04. The van der Waals surface area contributed by atoms with Crippen molar-refractivity contribution in [2.24, 2.45) is 5.10 Å². The highest BCUT2D eigenvalue weighted by Gasteiger charge is 2.07. The molecule has 7 heteroatoms. The van der Waals surface area contributed by atoms with Crippen molar-refractivity contribution in [2.75, 3.05) is 12.9 Å². The van der Waals surface area contributed by atoms with Crippen LogP contribution in [0.4, 0.5) is 4.79 Å². The van der Waals surface area contributed by atoms with Crippen molar-refractivity contribution >= 4 is 21.6 Å². The van der Waals surface area contributed by atoms with Crippen LogP contribution >= 0.6 is 0 Å². The van der Waals surface area contributed by atoms with Gasteiger partial charge in [0.05, 0.1) is 17.2 Å². The van der Waals surface area contributed by atoms with Crippen LogP contribution in [0.1, 0.15) is 19.4 Å². The van der Waals surface area contributed by atoms with Crippen LogP contribution < -0.4 is 5.43 Å². The lowest BCUT2D eigenvalue weighted by atomic mass is 10.1. The van der Waals surface area contributed by atoms with Gasteiger partial charge in [-0.2, -0.15) is 5.10 Å². The molecule has 0 spiro atoms. The maximum atomic E-state index is 11.3. The third kappa shape index (κ3) is 4.70. The van der Waals surface area contributed by atoms with Crippen LogP contribution in [0.3, 0.4) is 0 Å². The fourth-order valence-corrected chi connectivity index (χ4v) is 1.93. The molecule has 1 aromatic rings. The molecule has 0 fully saturated rings. The summed E-state index contributed by atoms with van der Waals surface area (Å²) in [6.07, 6.45) is 0.514. The average molecular weight is 284 g/mol. The summed E-state index contributed by atoms with van der Waals surface area (Å²) >= 11 is 0. The Morgan fingerprint density at radius 2 is 1.89 bits per heavy atom. The molecule has 0 unspecified atom stereocenters. The van der Waals surface area contributed by atoms with Crippen LogP contribution in [0.15, 0.2) is 34.3 Å². The fraction of sp³-hybridized carbons (Fsp3) is 0.333. The zero-order valence-corrected chi connectivity index (χ0v) is 11.8. The number of rotatable bonds is 4. The van der Waals surface area contributed by atoms with Gasteiger partial charge in [0, 0.05) is 6.26 Å². The Hall–Kier alpha value is -1.89. The molecule has 1 aromatic carbocycles. The molecule has 19 heavy (non-hydrogen) atoms. The number of hydrogen-bond donors (Lipinski definition) is 1. The van der Waals surface area contributed by atoms with E-state index in [1.165, 1.54) is 12.1 Å². The second kappa shape index (κ2) is 6.33. The molecular formula is C12H16N2O4S. The van der Waals surface area contributed by atoms with Gasteiger partial charge in [-0.15, -0.1) is 0 Å². The molecule has 0 saturated carbocycles. The SMILES string of the molecule is CCOC(=O)N/N=C(/C)c1ccc(S(C)(=O)=O)cc1. The molecule has 0 radical (unpaired) electrons. The molecule has 0 bridgehead atoms.